The Labute approximate surface area is 230 Å². The molecule has 8 nitrogen and oxygen atoms in total. The van der Waals surface area contributed by atoms with Crippen LogP contribution in [0, 0.1) is 0 Å². The topological polar surface area (TPSA) is 125 Å². The lowest BCUT2D eigenvalue weighted by Crippen LogP contribution is -2.58. The van der Waals surface area contributed by atoms with Crippen LogP contribution in [0.5, 0.6) is 0 Å². The van der Waals surface area contributed by atoms with Crippen molar-refractivity contribution in [2.24, 2.45) is 0 Å². The van der Waals surface area contributed by atoms with Crippen molar-refractivity contribution in [1.82, 2.24) is 21.3 Å². The molecule has 212 valence electrons. The van der Waals surface area contributed by atoms with Crippen molar-refractivity contribution in [2.75, 3.05) is 18.5 Å². The number of thioether (sulfide) groups is 1. The van der Waals surface area contributed by atoms with Gasteiger partial charge in [-0.25, -0.2) is 0 Å². The fraction of sp³-hybridized carbons (Fsp3) is 0.444. The molecule has 2 aromatic carbocycles. The van der Waals surface area contributed by atoms with Crippen molar-refractivity contribution >= 4 is 35.2 Å². The number of hydrogen-bond acceptors (Lipinski definition) is 6. The zero-order valence-electron chi connectivity index (χ0n) is 22.0. The lowest BCUT2D eigenvalue weighted by Gasteiger charge is -2.38. The lowest BCUT2D eigenvalue weighted by molar-refractivity contribution is -0.137. The number of nitrogen functional groups attached to an aromatic ring is 1. The van der Waals surface area contributed by atoms with Crippen LogP contribution < -0.4 is 27.0 Å². The Balaban J connectivity index is 1.65. The monoisotopic (exact) mass is 565 g/mol. The Hall–Kier alpha value is -3.25. The summed E-state index contributed by atoms with van der Waals surface area (Å²) in [6, 6.07) is 9.24. The van der Waals surface area contributed by atoms with Crippen LogP contribution in [0.4, 0.5) is 18.9 Å². The molecule has 0 unspecified atom stereocenters. The number of hydrogen-bond donors (Lipinski definition) is 5. The third-order valence-corrected chi connectivity index (χ3v) is 7.21. The van der Waals surface area contributed by atoms with Crippen LogP contribution in [-0.2, 0) is 11.0 Å². The van der Waals surface area contributed by atoms with Gasteiger partial charge in [-0.1, -0.05) is 13.8 Å². The highest BCUT2D eigenvalue weighted by Gasteiger charge is 2.34. The molecule has 1 fully saturated rings. The van der Waals surface area contributed by atoms with Crippen LogP contribution in [0.15, 0.2) is 47.4 Å². The number of nitrogens with one attached hydrogen (secondary N) is 4. The zero-order valence-corrected chi connectivity index (χ0v) is 22.8. The Bertz CT molecular complexity index is 1170. The summed E-state index contributed by atoms with van der Waals surface area (Å²) < 4.78 is 39.1. The first-order valence-corrected chi connectivity index (χ1v) is 13.8. The van der Waals surface area contributed by atoms with Crippen molar-refractivity contribution in [2.45, 2.75) is 68.3 Å². The average molecular weight is 566 g/mol. The van der Waals surface area contributed by atoms with Crippen LogP contribution in [0.25, 0.3) is 0 Å². The molecular weight excluding hydrogens is 531 g/mol. The van der Waals surface area contributed by atoms with Gasteiger partial charge >= 0.3 is 6.18 Å². The van der Waals surface area contributed by atoms with Gasteiger partial charge in [0, 0.05) is 34.3 Å². The first-order chi connectivity index (χ1) is 18.4. The lowest BCUT2D eigenvalue weighted by atomic mass is 9.86. The van der Waals surface area contributed by atoms with Crippen molar-refractivity contribution in [3.05, 3.63) is 59.2 Å². The van der Waals surface area contributed by atoms with Crippen molar-refractivity contribution in [1.29, 1.82) is 0 Å². The van der Waals surface area contributed by atoms with E-state index in [1.54, 1.807) is 23.9 Å². The Morgan fingerprint density at radius 2 is 1.69 bits per heavy atom. The van der Waals surface area contributed by atoms with Crippen LogP contribution in [0.2, 0.25) is 0 Å². The van der Waals surface area contributed by atoms with E-state index in [2.05, 4.69) is 21.3 Å². The summed E-state index contributed by atoms with van der Waals surface area (Å²) >= 11 is 1.57. The van der Waals surface area contributed by atoms with Gasteiger partial charge in [-0.2, -0.15) is 13.2 Å². The molecule has 0 spiro atoms. The molecule has 1 aliphatic carbocycles. The third-order valence-electron chi connectivity index (χ3n) is 6.47. The molecule has 1 aliphatic rings. The number of carbonyl (C=O) groups is 3. The van der Waals surface area contributed by atoms with Crippen LogP contribution in [0.3, 0.4) is 0 Å². The smallest absolute Gasteiger partial charge is 0.398 e. The van der Waals surface area contributed by atoms with E-state index in [-0.39, 0.29) is 35.3 Å². The second kappa shape index (κ2) is 13.2. The predicted octanol–water partition coefficient (Wildman–Crippen LogP) is 3.57. The molecule has 2 aromatic rings. The number of carbonyl (C=O) groups excluding carboxylic acids is 3. The van der Waals surface area contributed by atoms with E-state index in [4.69, 9.17) is 5.73 Å². The average Bonchev–Trinajstić information content (AvgIpc) is 2.88. The maximum Gasteiger partial charge on any atom is 0.416 e. The summed E-state index contributed by atoms with van der Waals surface area (Å²) in [5.41, 5.74) is 4.69. The molecule has 0 heterocycles. The summed E-state index contributed by atoms with van der Waals surface area (Å²) in [4.78, 5) is 39.2. The van der Waals surface area contributed by atoms with Gasteiger partial charge in [0.25, 0.3) is 11.8 Å². The minimum atomic E-state index is -4.64. The van der Waals surface area contributed by atoms with Gasteiger partial charge < -0.3 is 27.0 Å². The summed E-state index contributed by atoms with van der Waals surface area (Å²) in [6.07, 6.45) is -0.723. The van der Waals surface area contributed by atoms with E-state index in [0.717, 1.165) is 23.4 Å². The number of alkyl halides is 3. The molecule has 3 rings (SSSR count). The quantitative estimate of drug-likeness (QED) is 0.234. The molecule has 3 amide bonds. The van der Waals surface area contributed by atoms with Gasteiger partial charge in [0.1, 0.15) is 0 Å². The first-order valence-electron chi connectivity index (χ1n) is 12.6. The van der Waals surface area contributed by atoms with E-state index >= 15 is 0 Å². The summed E-state index contributed by atoms with van der Waals surface area (Å²) in [7, 11) is 0. The minimum absolute atomic E-state index is 0.115. The maximum absolute atomic E-state index is 13.0. The van der Waals surface area contributed by atoms with Gasteiger partial charge in [-0.05, 0) is 68.0 Å². The molecule has 12 heteroatoms. The van der Waals surface area contributed by atoms with Gasteiger partial charge in [-0.15, -0.1) is 11.8 Å². The summed E-state index contributed by atoms with van der Waals surface area (Å²) in [5.74, 6) is -1.68. The number of nitrogens with two attached hydrogens (primary N) is 1. The predicted molar refractivity (Wildman–Crippen MR) is 146 cm³/mol. The molecule has 0 aliphatic heterocycles. The van der Waals surface area contributed by atoms with Gasteiger partial charge in [0.05, 0.1) is 23.7 Å². The molecule has 39 heavy (non-hydrogen) atoms. The maximum atomic E-state index is 13.0. The molecular formula is C27H34F3N5O3S. The van der Waals surface area contributed by atoms with Crippen LogP contribution in [-0.4, -0.2) is 54.7 Å². The Kier molecular flexibility index (Phi) is 10.3. The first kappa shape index (κ1) is 30.3. The summed E-state index contributed by atoms with van der Waals surface area (Å²) in [5, 5.41) is 11.7. The van der Waals surface area contributed by atoms with Gasteiger partial charge in [0.2, 0.25) is 5.91 Å². The van der Waals surface area contributed by atoms with E-state index in [1.807, 2.05) is 32.2 Å². The molecule has 6 N–H and O–H groups in total. The second-order valence-electron chi connectivity index (χ2n) is 9.80. The molecule has 1 saturated carbocycles. The fourth-order valence-electron chi connectivity index (χ4n) is 4.56. The number of rotatable bonds is 9. The van der Waals surface area contributed by atoms with Crippen LogP contribution >= 0.6 is 11.8 Å². The van der Waals surface area contributed by atoms with E-state index in [9.17, 15) is 27.6 Å². The van der Waals surface area contributed by atoms with E-state index in [0.29, 0.717) is 24.5 Å². The number of benzene rings is 2. The zero-order chi connectivity index (χ0) is 28.7. The Morgan fingerprint density at radius 3 is 2.31 bits per heavy atom. The van der Waals surface area contributed by atoms with Gasteiger partial charge in [-0.3, -0.25) is 14.4 Å². The largest absolute Gasteiger partial charge is 0.416 e. The van der Waals surface area contributed by atoms with Crippen molar-refractivity contribution < 1.29 is 27.6 Å². The molecule has 0 bridgehead atoms. The number of anilines is 1. The molecule has 0 aromatic heterocycles. The van der Waals surface area contributed by atoms with Gasteiger partial charge in [0.15, 0.2) is 0 Å². The van der Waals surface area contributed by atoms with Crippen molar-refractivity contribution in [3.8, 4) is 0 Å². The highest BCUT2D eigenvalue weighted by atomic mass is 32.2. The normalized spacial score (nSPS) is 19.4. The molecule has 0 saturated heterocycles. The standard InChI is InChI=1S/C27H34F3N5O3S/c1-15(2)33-18-7-11-22(35-25(37)16-4-8-19(39-3)9-5-16)23(13-18)34-24(36)14-32-26(38)20-12-17(27(28,29)30)6-10-21(20)31/h4-6,8-10,12,15,18,22-23,33H,7,11,13-14,31H2,1-3H3,(H,32,38)(H,34,36)(H,35,37)/t18-,22-,23+/m1/s1. The SMILES string of the molecule is CSc1ccc(C(=O)N[C@@H]2CC[C@@H](NC(C)C)C[C@@H]2NC(=O)CNC(=O)c2cc(C(F)(F)F)ccc2N)cc1. The highest BCUT2D eigenvalue weighted by Crippen LogP contribution is 2.31. The summed E-state index contributed by atoms with van der Waals surface area (Å²) in [6.45, 7) is 3.58. The van der Waals surface area contributed by atoms with Crippen LogP contribution in [0.1, 0.15) is 59.4 Å². The third kappa shape index (κ3) is 8.62. The molecule has 3 atom stereocenters. The second-order valence-corrected chi connectivity index (χ2v) is 10.7. The highest BCUT2D eigenvalue weighted by molar-refractivity contribution is 7.98. The van der Waals surface area contributed by atoms with Crippen molar-refractivity contribution in [3.63, 3.8) is 0 Å². The van der Waals surface area contributed by atoms with E-state index in [1.165, 1.54) is 0 Å². The number of halogens is 3. The fourth-order valence-corrected chi connectivity index (χ4v) is 4.97. The Morgan fingerprint density at radius 1 is 1.00 bits per heavy atom. The molecule has 0 radical (unpaired) electrons. The minimum Gasteiger partial charge on any atom is -0.398 e. The van der Waals surface area contributed by atoms with E-state index < -0.39 is 36.1 Å². The number of amides is 3.